The normalized spacial score (nSPS) is 9.16. The van der Waals surface area contributed by atoms with Gasteiger partial charge in [0.15, 0.2) is 0 Å². The van der Waals surface area contributed by atoms with Crippen molar-refractivity contribution in [3.8, 4) is 5.75 Å². The molecule has 0 bridgehead atoms. The van der Waals surface area contributed by atoms with E-state index in [9.17, 15) is 10.1 Å². The summed E-state index contributed by atoms with van der Waals surface area (Å²) in [6, 6.07) is 12.6. The molecular formula is C13H15N3O3. The Hall–Kier alpha value is -2.47. The van der Waals surface area contributed by atoms with Gasteiger partial charge in [-0.2, -0.15) is 0 Å². The lowest BCUT2D eigenvalue weighted by Gasteiger charge is -2.05. The lowest BCUT2D eigenvalue weighted by atomic mass is 10.2. The van der Waals surface area contributed by atoms with Crippen molar-refractivity contribution >= 4 is 5.82 Å². The molecular weight excluding hydrogens is 246 g/mol. The summed E-state index contributed by atoms with van der Waals surface area (Å²) in [4.78, 5) is 13.8. The van der Waals surface area contributed by atoms with E-state index >= 15 is 0 Å². The summed E-state index contributed by atoms with van der Waals surface area (Å²) < 4.78 is 5.38. The Kier molecular flexibility index (Phi) is 5.97. The fraction of sp³-hybridized carbons (Fsp3) is 0.154. The zero-order valence-corrected chi connectivity index (χ0v) is 10.5. The number of hydrogen-bond acceptors (Lipinski definition) is 5. The van der Waals surface area contributed by atoms with Crippen LogP contribution in [0.1, 0.15) is 5.56 Å². The molecule has 0 aliphatic carbocycles. The van der Waals surface area contributed by atoms with Gasteiger partial charge in [-0.05, 0) is 34.7 Å². The minimum atomic E-state index is -0.555. The lowest BCUT2D eigenvalue weighted by molar-refractivity contribution is -0.390. The second-order valence-corrected chi connectivity index (χ2v) is 3.36. The second kappa shape index (κ2) is 7.78. The third kappa shape index (κ3) is 4.36. The van der Waals surface area contributed by atoms with E-state index in [1.807, 2.05) is 30.3 Å². The fourth-order valence-corrected chi connectivity index (χ4v) is 1.37. The van der Waals surface area contributed by atoms with Crippen molar-refractivity contribution in [1.29, 1.82) is 0 Å². The number of rotatable bonds is 4. The minimum Gasteiger partial charge on any atom is -0.481 e. The molecule has 100 valence electrons. The number of hydrogen-bond donors (Lipinski definition) is 1. The Bertz CT molecular complexity index is 518. The summed E-state index contributed by atoms with van der Waals surface area (Å²) in [6.45, 7) is 0.285. The van der Waals surface area contributed by atoms with Crippen LogP contribution in [-0.2, 0) is 6.61 Å². The lowest BCUT2D eigenvalue weighted by Crippen LogP contribution is -2.00. The van der Waals surface area contributed by atoms with Gasteiger partial charge >= 0.3 is 5.82 Å². The molecule has 19 heavy (non-hydrogen) atoms. The molecule has 0 amide bonds. The Morgan fingerprint density at radius 2 is 1.89 bits per heavy atom. The summed E-state index contributed by atoms with van der Waals surface area (Å²) >= 11 is 0. The van der Waals surface area contributed by atoms with Gasteiger partial charge in [-0.3, -0.25) is 0 Å². The number of aromatic nitrogens is 1. The van der Waals surface area contributed by atoms with E-state index in [-0.39, 0.29) is 18.2 Å². The molecule has 1 aromatic heterocycles. The van der Waals surface area contributed by atoms with Crippen LogP contribution in [0.2, 0.25) is 0 Å². The zero-order valence-electron chi connectivity index (χ0n) is 10.5. The van der Waals surface area contributed by atoms with E-state index in [1.54, 1.807) is 6.07 Å². The summed E-state index contributed by atoms with van der Waals surface area (Å²) in [5, 5.41) is 10.7. The molecule has 0 atom stereocenters. The maximum absolute atomic E-state index is 10.7. The second-order valence-electron chi connectivity index (χ2n) is 3.36. The molecule has 0 aliphatic rings. The maximum atomic E-state index is 10.7. The first kappa shape index (κ1) is 14.6. The van der Waals surface area contributed by atoms with E-state index in [0.717, 1.165) is 5.56 Å². The van der Waals surface area contributed by atoms with Gasteiger partial charge in [-0.1, -0.05) is 30.3 Å². The first-order valence-corrected chi connectivity index (χ1v) is 5.61. The smallest absolute Gasteiger partial charge is 0.406 e. The third-order valence-electron chi connectivity index (χ3n) is 2.16. The fourth-order valence-electron chi connectivity index (χ4n) is 1.37. The van der Waals surface area contributed by atoms with Gasteiger partial charge in [0.25, 0.3) is 0 Å². The highest BCUT2D eigenvalue weighted by molar-refractivity contribution is 5.38. The molecule has 0 saturated heterocycles. The Morgan fingerprint density at radius 1 is 1.21 bits per heavy atom. The molecule has 6 heteroatoms. The van der Waals surface area contributed by atoms with Crippen LogP contribution in [0, 0.1) is 10.1 Å². The quantitative estimate of drug-likeness (QED) is 0.672. The van der Waals surface area contributed by atoms with Crippen LogP contribution < -0.4 is 10.5 Å². The number of nitrogens with zero attached hydrogens (tertiary/aromatic N) is 2. The standard InChI is InChI=1S/C12H10N2O3.CH5N/c15-14(16)12-11(7-4-8-13-12)17-9-10-5-2-1-3-6-10;1-2/h1-8H,9H2;2H2,1H3. The molecule has 0 spiro atoms. The highest BCUT2D eigenvalue weighted by Crippen LogP contribution is 2.23. The van der Waals surface area contributed by atoms with Crippen molar-refractivity contribution in [2.24, 2.45) is 5.73 Å². The highest BCUT2D eigenvalue weighted by atomic mass is 16.6. The average molecular weight is 261 g/mol. The number of pyridine rings is 1. The van der Waals surface area contributed by atoms with Crippen molar-refractivity contribution in [2.75, 3.05) is 7.05 Å². The Balaban J connectivity index is 0.000000861. The van der Waals surface area contributed by atoms with Crippen LogP contribution >= 0.6 is 0 Å². The summed E-state index contributed by atoms with van der Waals surface area (Å²) in [7, 11) is 1.50. The van der Waals surface area contributed by atoms with Crippen LogP contribution in [0.15, 0.2) is 48.7 Å². The molecule has 0 fully saturated rings. The number of nitro groups is 1. The minimum absolute atomic E-state index is 0.182. The zero-order chi connectivity index (χ0) is 14.1. The van der Waals surface area contributed by atoms with E-state index in [0.29, 0.717) is 0 Å². The number of nitrogens with two attached hydrogens (primary N) is 1. The van der Waals surface area contributed by atoms with Crippen molar-refractivity contribution in [1.82, 2.24) is 4.98 Å². The molecule has 6 nitrogen and oxygen atoms in total. The van der Waals surface area contributed by atoms with E-state index in [1.165, 1.54) is 19.3 Å². The predicted octanol–water partition coefficient (Wildman–Crippen LogP) is 2.14. The van der Waals surface area contributed by atoms with Crippen LogP contribution in [0.4, 0.5) is 5.82 Å². The molecule has 1 heterocycles. The molecule has 1 aromatic carbocycles. The topological polar surface area (TPSA) is 91.3 Å². The predicted molar refractivity (Wildman–Crippen MR) is 71.8 cm³/mol. The molecule has 0 saturated carbocycles. The van der Waals surface area contributed by atoms with Crippen molar-refractivity contribution in [3.05, 3.63) is 64.3 Å². The molecule has 0 radical (unpaired) electrons. The SMILES string of the molecule is CN.O=[N+]([O-])c1ncccc1OCc1ccccc1. The summed E-state index contributed by atoms with van der Waals surface area (Å²) in [6.07, 6.45) is 1.37. The van der Waals surface area contributed by atoms with Gasteiger partial charge in [0.05, 0.1) is 0 Å². The monoisotopic (exact) mass is 261 g/mol. The van der Waals surface area contributed by atoms with Crippen LogP contribution in [-0.4, -0.2) is 17.0 Å². The van der Waals surface area contributed by atoms with Crippen LogP contribution in [0.3, 0.4) is 0 Å². The number of benzene rings is 1. The van der Waals surface area contributed by atoms with Crippen molar-refractivity contribution < 1.29 is 9.66 Å². The van der Waals surface area contributed by atoms with Crippen LogP contribution in [0.5, 0.6) is 5.75 Å². The Morgan fingerprint density at radius 3 is 2.53 bits per heavy atom. The van der Waals surface area contributed by atoms with Gasteiger partial charge in [-0.25, -0.2) is 0 Å². The first-order chi connectivity index (χ1) is 9.27. The third-order valence-corrected chi connectivity index (χ3v) is 2.16. The summed E-state index contributed by atoms with van der Waals surface area (Å²) in [5.41, 5.74) is 5.45. The van der Waals surface area contributed by atoms with Crippen molar-refractivity contribution in [3.63, 3.8) is 0 Å². The molecule has 0 unspecified atom stereocenters. The van der Waals surface area contributed by atoms with E-state index in [4.69, 9.17) is 4.74 Å². The maximum Gasteiger partial charge on any atom is 0.406 e. The molecule has 2 rings (SSSR count). The van der Waals surface area contributed by atoms with Gasteiger partial charge in [0.2, 0.25) is 5.75 Å². The summed E-state index contributed by atoms with van der Waals surface area (Å²) in [5.74, 6) is -0.0789. The highest BCUT2D eigenvalue weighted by Gasteiger charge is 2.15. The van der Waals surface area contributed by atoms with Gasteiger partial charge in [-0.15, -0.1) is 0 Å². The van der Waals surface area contributed by atoms with Crippen LogP contribution in [0.25, 0.3) is 0 Å². The molecule has 0 aliphatic heterocycles. The van der Waals surface area contributed by atoms with Gasteiger partial charge < -0.3 is 20.6 Å². The largest absolute Gasteiger partial charge is 0.481 e. The van der Waals surface area contributed by atoms with Crippen molar-refractivity contribution in [2.45, 2.75) is 6.61 Å². The molecule has 2 N–H and O–H groups in total. The number of ether oxygens (including phenoxy) is 1. The average Bonchev–Trinajstić information content (AvgIpc) is 2.48. The molecule has 2 aromatic rings. The first-order valence-electron chi connectivity index (χ1n) is 5.61. The van der Waals surface area contributed by atoms with E-state index < -0.39 is 4.92 Å². The van der Waals surface area contributed by atoms with Gasteiger partial charge in [0, 0.05) is 0 Å². The van der Waals surface area contributed by atoms with Gasteiger partial charge in [0.1, 0.15) is 12.8 Å². The Labute approximate surface area is 111 Å². The van der Waals surface area contributed by atoms with E-state index in [2.05, 4.69) is 10.7 Å².